The molecule has 0 aromatic carbocycles. The van der Waals surface area contributed by atoms with Crippen molar-refractivity contribution in [2.75, 3.05) is 26.3 Å². The van der Waals surface area contributed by atoms with Gasteiger partial charge in [-0.15, -0.1) is 0 Å². The molecule has 0 saturated heterocycles. The Kier molecular flexibility index (Phi) is 6.27. The van der Waals surface area contributed by atoms with Crippen LogP contribution < -0.4 is 10.6 Å². The minimum absolute atomic E-state index is 0.0186. The molecule has 1 fully saturated rings. The van der Waals surface area contributed by atoms with Crippen molar-refractivity contribution in [3.8, 4) is 0 Å². The third-order valence-corrected chi connectivity index (χ3v) is 2.89. The van der Waals surface area contributed by atoms with Crippen LogP contribution in [0.15, 0.2) is 0 Å². The van der Waals surface area contributed by atoms with Gasteiger partial charge in [0.2, 0.25) is 11.8 Å². The second-order valence-corrected chi connectivity index (χ2v) is 4.66. The Morgan fingerprint density at radius 3 is 2.53 bits per heavy atom. The summed E-state index contributed by atoms with van der Waals surface area (Å²) in [6.45, 7) is 2.40. The van der Waals surface area contributed by atoms with E-state index in [0.29, 0.717) is 12.5 Å². The number of rotatable bonds is 9. The van der Waals surface area contributed by atoms with Crippen molar-refractivity contribution in [3.05, 3.63) is 0 Å². The van der Waals surface area contributed by atoms with Gasteiger partial charge >= 0.3 is 5.97 Å². The van der Waals surface area contributed by atoms with E-state index in [9.17, 15) is 14.4 Å². The maximum atomic E-state index is 11.4. The van der Waals surface area contributed by atoms with Crippen molar-refractivity contribution in [1.29, 1.82) is 0 Å². The number of carbonyl (C=O) groups is 3. The highest BCUT2D eigenvalue weighted by Gasteiger charge is 2.38. The number of hydrogen-bond acceptors (Lipinski definition) is 4. The number of amides is 2. The number of carboxylic acids is 1. The number of hydrogen-bond donors (Lipinski definition) is 3. The van der Waals surface area contributed by atoms with E-state index in [-0.39, 0.29) is 43.9 Å². The molecule has 2 amide bonds. The van der Waals surface area contributed by atoms with Gasteiger partial charge in [-0.3, -0.25) is 9.59 Å². The molecule has 0 spiro atoms. The molecule has 2 atom stereocenters. The first-order valence-electron chi connectivity index (χ1n) is 6.34. The van der Waals surface area contributed by atoms with Crippen LogP contribution in [0.25, 0.3) is 0 Å². The highest BCUT2D eigenvalue weighted by Crippen LogP contribution is 2.37. The molecule has 0 heterocycles. The van der Waals surface area contributed by atoms with Gasteiger partial charge < -0.3 is 20.5 Å². The smallest absolute Gasteiger partial charge is 0.329 e. The fraction of sp³-hybridized carbons (Fsp3) is 0.750. The summed E-state index contributed by atoms with van der Waals surface area (Å²) in [7, 11) is 0. The molecule has 3 N–H and O–H groups in total. The predicted octanol–water partition coefficient (Wildman–Crippen LogP) is -0.634. The SMILES string of the molecule is CC1CC1C(=O)NCCC(=O)NCCOCC(=O)O. The van der Waals surface area contributed by atoms with E-state index >= 15 is 0 Å². The molecule has 7 nitrogen and oxygen atoms in total. The van der Waals surface area contributed by atoms with Gasteiger partial charge in [-0.05, 0) is 12.3 Å². The minimum atomic E-state index is -1.04. The molecule has 1 aliphatic carbocycles. The Morgan fingerprint density at radius 1 is 1.26 bits per heavy atom. The van der Waals surface area contributed by atoms with E-state index < -0.39 is 5.97 Å². The molecule has 1 aliphatic rings. The maximum absolute atomic E-state index is 11.4. The lowest BCUT2D eigenvalue weighted by Gasteiger charge is -2.06. The van der Waals surface area contributed by atoms with Crippen LogP contribution in [0.4, 0.5) is 0 Å². The second-order valence-electron chi connectivity index (χ2n) is 4.66. The van der Waals surface area contributed by atoms with Gasteiger partial charge in [-0.2, -0.15) is 0 Å². The van der Waals surface area contributed by atoms with E-state index in [2.05, 4.69) is 10.6 Å². The van der Waals surface area contributed by atoms with E-state index in [1.165, 1.54) is 0 Å². The molecule has 0 aromatic rings. The highest BCUT2D eigenvalue weighted by molar-refractivity contribution is 5.82. The first kappa shape index (κ1) is 15.4. The van der Waals surface area contributed by atoms with Crippen molar-refractivity contribution in [2.45, 2.75) is 19.8 Å². The zero-order valence-electron chi connectivity index (χ0n) is 11.0. The lowest BCUT2D eigenvalue weighted by molar-refractivity contribution is -0.142. The average molecular weight is 272 g/mol. The zero-order chi connectivity index (χ0) is 14.3. The fourth-order valence-corrected chi connectivity index (χ4v) is 1.63. The van der Waals surface area contributed by atoms with Crippen LogP contribution in [-0.2, 0) is 19.1 Å². The first-order valence-corrected chi connectivity index (χ1v) is 6.34. The molecule has 19 heavy (non-hydrogen) atoms. The first-order chi connectivity index (χ1) is 9.00. The quantitative estimate of drug-likeness (QED) is 0.485. The fourth-order valence-electron chi connectivity index (χ4n) is 1.63. The largest absolute Gasteiger partial charge is 0.480 e. The van der Waals surface area contributed by atoms with E-state index in [0.717, 1.165) is 6.42 Å². The van der Waals surface area contributed by atoms with Crippen molar-refractivity contribution < 1.29 is 24.2 Å². The molecule has 0 radical (unpaired) electrons. The normalized spacial score (nSPS) is 20.7. The summed E-state index contributed by atoms with van der Waals surface area (Å²) in [5, 5.41) is 13.6. The van der Waals surface area contributed by atoms with Crippen LogP contribution in [-0.4, -0.2) is 49.2 Å². The van der Waals surface area contributed by atoms with Crippen LogP contribution in [0.3, 0.4) is 0 Å². The third kappa shape index (κ3) is 6.76. The van der Waals surface area contributed by atoms with E-state index in [1.807, 2.05) is 6.92 Å². The van der Waals surface area contributed by atoms with Crippen molar-refractivity contribution in [3.63, 3.8) is 0 Å². The summed E-state index contributed by atoms with van der Waals surface area (Å²) in [4.78, 5) is 32.9. The Bertz CT molecular complexity index is 345. The number of ether oxygens (including phenoxy) is 1. The highest BCUT2D eigenvalue weighted by atomic mass is 16.5. The predicted molar refractivity (Wildman–Crippen MR) is 66.4 cm³/mol. The zero-order valence-corrected chi connectivity index (χ0v) is 11.0. The average Bonchev–Trinajstić information content (AvgIpc) is 3.05. The topological polar surface area (TPSA) is 105 Å². The van der Waals surface area contributed by atoms with Crippen LogP contribution in [0.5, 0.6) is 0 Å². The Labute approximate surface area is 111 Å². The molecular weight excluding hydrogens is 252 g/mol. The van der Waals surface area contributed by atoms with Crippen LogP contribution >= 0.6 is 0 Å². The minimum Gasteiger partial charge on any atom is -0.480 e. The van der Waals surface area contributed by atoms with E-state index in [4.69, 9.17) is 9.84 Å². The molecule has 2 unspecified atom stereocenters. The van der Waals surface area contributed by atoms with Crippen molar-refractivity contribution >= 4 is 17.8 Å². The summed E-state index contributed by atoms with van der Waals surface area (Å²) < 4.78 is 4.76. The van der Waals surface area contributed by atoms with Gasteiger partial charge in [-0.25, -0.2) is 4.79 Å². The number of carbonyl (C=O) groups excluding carboxylic acids is 2. The molecule has 0 aliphatic heterocycles. The van der Waals surface area contributed by atoms with Gasteiger partial charge in [-0.1, -0.05) is 6.92 Å². The maximum Gasteiger partial charge on any atom is 0.329 e. The number of nitrogens with one attached hydrogen (secondary N) is 2. The number of carboxylic acid groups (broad SMARTS) is 1. The van der Waals surface area contributed by atoms with Crippen LogP contribution in [0.2, 0.25) is 0 Å². The van der Waals surface area contributed by atoms with Crippen LogP contribution in [0.1, 0.15) is 19.8 Å². The van der Waals surface area contributed by atoms with Gasteiger partial charge in [0, 0.05) is 25.4 Å². The molecule has 7 heteroatoms. The Hall–Kier alpha value is -1.63. The monoisotopic (exact) mass is 272 g/mol. The lowest BCUT2D eigenvalue weighted by atomic mass is 10.3. The van der Waals surface area contributed by atoms with Gasteiger partial charge in [0.15, 0.2) is 0 Å². The second kappa shape index (κ2) is 7.73. The van der Waals surface area contributed by atoms with Crippen LogP contribution in [0, 0.1) is 11.8 Å². The lowest BCUT2D eigenvalue weighted by Crippen LogP contribution is -2.33. The molecular formula is C12H20N2O5. The summed E-state index contributed by atoms with van der Waals surface area (Å²) in [5.41, 5.74) is 0. The number of aliphatic carboxylic acids is 1. The Morgan fingerprint density at radius 2 is 1.95 bits per heavy atom. The summed E-state index contributed by atoms with van der Waals surface area (Å²) in [5.74, 6) is -0.635. The standard InChI is InChI=1S/C12H20N2O5/c1-8-6-9(8)12(18)14-3-2-10(15)13-4-5-19-7-11(16)17/h8-9H,2-7H2,1H3,(H,13,15)(H,14,18)(H,16,17). The summed E-state index contributed by atoms with van der Waals surface area (Å²) in [6.07, 6.45) is 1.14. The summed E-state index contributed by atoms with van der Waals surface area (Å²) in [6, 6.07) is 0. The Balaban J connectivity index is 1.93. The molecule has 0 bridgehead atoms. The van der Waals surface area contributed by atoms with Gasteiger partial charge in [0.25, 0.3) is 0 Å². The van der Waals surface area contributed by atoms with Gasteiger partial charge in [0.05, 0.1) is 6.61 Å². The van der Waals surface area contributed by atoms with Gasteiger partial charge in [0.1, 0.15) is 6.61 Å². The third-order valence-electron chi connectivity index (χ3n) is 2.89. The molecule has 1 saturated carbocycles. The van der Waals surface area contributed by atoms with Crippen molar-refractivity contribution in [1.82, 2.24) is 10.6 Å². The summed E-state index contributed by atoms with van der Waals surface area (Å²) >= 11 is 0. The van der Waals surface area contributed by atoms with E-state index in [1.54, 1.807) is 0 Å². The molecule has 1 rings (SSSR count). The molecule has 0 aromatic heterocycles. The molecule has 108 valence electrons. The van der Waals surface area contributed by atoms with Crippen molar-refractivity contribution in [2.24, 2.45) is 11.8 Å².